The standard InChI is InChI=1S/C24H36N5O8PS/c1-4-6-12-35-19(5-2)15-37-38(31,36-14-18-7-9-20(10-8-18)39(3,32)33)17-34-13-11-29-16-26-21-22(29)27-24(25)28-23(21)30/h7-10,16,19H,4-6,11-15,17H2,1-3H3,(H3,25,27,28,30). The molecule has 0 fully saturated rings. The van der Waals surface area contributed by atoms with Crippen molar-refractivity contribution in [1.82, 2.24) is 19.5 Å². The molecule has 0 amide bonds. The van der Waals surface area contributed by atoms with E-state index in [9.17, 15) is 17.8 Å². The van der Waals surface area contributed by atoms with Crippen LogP contribution in [0.4, 0.5) is 5.95 Å². The molecule has 3 aromatic rings. The van der Waals surface area contributed by atoms with E-state index in [-0.39, 0.29) is 55.2 Å². The van der Waals surface area contributed by atoms with Gasteiger partial charge in [0.05, 0.1) is 37.1 Å². The number of aromatic amines is 1. The predicted molar refractivity (Wildman–Crippen MR) is 146 cm³/mol. The summed E-state index contributed by atoms with van der Waals surface area (Å²) in [6.07, 6.45) is 4.56. The third-order valence-corrected chi connectivity index (χ3v) is 8.45. The minimum atomic E-state index is -3.74. The van der Waals surface area contributed by atoms with Crippen LogP contribution in [0.15, 0.2) is 40.3 Å². The highest BCUT2D eigenvalue weighted by Gasteiger charge is 2.27. The number of benzene rings is 1. The molecule has 3 N–H and O–H groups in total. The minimum Gasteiger partial charge on any atom is -0.376 e. The van der Waals surface area contributed by atoms with E-state index in [2.05, 4.69) is 21.9 Å². The zero-order valence-electron chi connectivity index (χ0n) is 22.4. The Hall–Kier alpha value is -2.61. The van der Waals surface area contributed by atoms with Crippen LogP contribution in [0.2, 0.25) is 0 Å². The lowest BCUT2D eigenvalue weighted by atomic mass is 10.2. The molecule has 2 unspecified atom stereocenters. The molecular formula is C24H36N5O8PS. The van der Waals surface area contributed by atoms with Gasteiger partial charge in [-0.05, 0) is 30.5 Å². The number of H-pyrrole nitrogens is 1. The number of hydrogen-bond acceptors (Lipinski definition) is 11. The number of aromatic nitrogens is 4. The maximum atomic E-state index is 13.6. The first-order chi connectivity index (χ1) is 18.5. The summed E-state index contributed by atoms with van der Waals surface area (Å²) < 4.78 is 61.6. The van der Waals surface area contributed by atoms with Crippen LogP contribution >= 0.6 is 7.60 Å². The second-order valence-corrected chi connectivity index (χ2v) is 13.0. The first kappa shape index (κ1) is 30.9. The molecular weight excluding hydrogens is 549 g/mol. The van der Waals surface area contributed by atoms with E-state index in [1.807, 2.05) is 6.92 Å². The van der Waals surface area contributed by atoms with Crippen molar-refractivity contribution in [1.29, 1.82) is 0 Å². The lowest BCUT2D eigenvalue weighted by Gasteiger charge is -2.22. The van der Waals surface area contributed by atoms with Crippen LogP contribution in [0.1, 0.15) is 38.7 Å². The highest BCUT2D eigenvalue weighted by molar-refractivity contribution is 7.90. The van der Waals surface area contributed by atoms with Crippen molar-refractivity contribution in [3.8, 4) is 0 Å². The summed E-state index contributed by atoms with van der Waals surface area (Å²) in [6.45, 7) is 4.95. The van der Waals surface area contributed by atoms with Gasteiger partial charge in [-0.1, -0.05) is 32.4 Å². The van der Waals surface area contributed by atoms with Gasteiger partial charge in [0.15, 0.2) is 21.0 Å². The number of unbranched alkanes of at least 4 members (excludes halogenated alkanes) is 1. The Morgan fingerprint density at radius 1 is 1.15 bits per heavy atom. The highest BCUT2D eigenvalue weighted by Crippen LogP contribution is 2.49. The molecule has 39 heavy (non-hydrogen) atoms. The summed E-state index contributed by atoms with van der Waals surface area (Å²) in [5.74, 6) is -0.0299. The number of imidazole rings is 1. The van der Waals surface area contributed by atoms with Gasteiger partial charge < -0.3 is 28.8 Å². The van der Waals surface area contributed by atoms with Crippen LogP contribution in [-0.2, 0) is 46.1 Å². The Labute approximate surface area is 227 Å². The fraction of sp³-hybridized carbons (Fsp3) is 0.542. The third kappa shape index (κ3) is 9.23. The first-order valence-corrected chi connectivity index (χ1v) is 16.2. The van der Waals surface area contributed by atoms with Crippen LogP contribution in [0.3, 0.4) is 0 Å². The van der Waals surface area contributed by atoms with Crippen LogP contribution in [0, 0.1) is 0 Å². The average molecular weight is 586 g/mol. The molecule has 2 aromatic heterocycles. The zero-order valence-corrected chi connectivity index (χ0v) is 24.1. The first-order valence-electron chi connectivity index (χ1n) is 12.6. The fourth-order valence-corrected chi connectivity index (χ4v) is 5.41. The monoisotopic (exact) mass is 585 g/mol. The lowest BCUT2D eigenvalue weighted by Crippen LogP contribution is -2.20. The average Bonchev–Trinajstić information content (AvgIpc) is 3.30. The van der Waals surface area contributed by atoms with E-state index in [1.165, 1.54) is 18.5 Å². The summed E-state index contributed by atoms with van der Waals surface area (Å²) in [6, 6.07) is 6.11. The number of sulfone groups is 1. The Morgan fingerprint density at radius 2 is 1.90 bits per heavy atom. The Morgan fingerprint density at radius 3 is 2.56 bits per heavy atom. The quantitative estimate of drug-likeness (QED) is 0.176. The van der Waals surface area contributed by atoms with Gasteiger partial charge >= 0.3 is 7.60 Å². The zero-order chi connectivity index (χ0) is 28.5. The molecule has 0 bridgehead atoms. The summed E-state index contributed by atoms with van der Waals surface area (Å²) in [7, 11) is -7.08. The number of hydrogen-bond donors (Lipinski definition) is 2. The number of ether oxygens (including phenoxy) is 2. The van der Waals surface area contributed by atoms with Gasteiger partial charge in [0, 0.05) is 19.4 Å². The van der Waals surface area contributed by atoms with E-state index in [0.717, 1.165) is 19.1 Å². The smallest absolute Gasteiger partial charge is 0.356 e. The molecule has 0 aliphatic carbocycles. The second-order valence-electron chi connectivity index (χ2n) is 8.95. The molecule has 15 heteroatoms. The molecule has 1 aromatic carbocycles. The van der Waals surface area contributed by atoms with E-state index >= 15 is 0 Å². The molecule has 3 rings (SSSR count). The van der Waals surface area contributed by atoms with E-state index in [1.54, 1.807) is 16.7 Å². The number of nitrogens with one attached hydrogen (secondary N) is 1. The molecule has 0 saturated heterocycles. The Balaban J connectivity index is 1.64. The van der Waals surface area contributed by atoms with Gasteiger partial charge in [-0.2, -0.15) is 4.98 Å². The van der Waals surface area contributed by atoms with Crippen LogP contribution < -0.4 is 11.3 Å². The summed E-state index contributed by atoms with van der Waals surface area (Å²) in [5, 5.41) is 0. The number of fused-ring (bicyclic) bond motifs is 1. The number of nitrogens with two attached hydrogens (primary N) is 1. The third-order valence-electron chi connectivity index (χ3n) is 5.76. The van der Waals surface area contributed by atoms with Crippen LogP contribution in [0.5, 0.6) is 0 Å². The maximum absolute atomic E-state index is 13.6. The van der Waals surface area contributed by atoms with Crippen LogP contribution in [-0.4, -0.2) is 66.5 Å². The largest absolute Gasteiger partial charge is 0.376 e. The van der Waals surface area contributed by atoms with Gasteiger partial charge in [0.2, 0.25) is 5.95 Å². The van der Waals surface area contributed by atoms with E-state index in [4.69, 9.17) is 24.3 Å². The molecule has 13 nitrogen and oxygen atoms in total. The number of nitrogens with zero attached hydrogens (tertiary/aromatic N) is 3. The van der Waals surface area contributed by atoms with Crippen molar-refractivity contribution in [3.05, 3.63) is 46.5 Å². The highest BCUT2D eigenvalue weighted by atomic mass is 32.2. The Kier molecular flexibility index (Phi) is 11.2. The topological polar surface area (TPSA) is 178 Å². The van der Waals surface area contributed by atoms with Crippen molar-refractivity contribution in [2.24, 2.45) is 0 Å². The van der Waals surface area contributed by atoms with E-state index < -0.39 is 23.0 Å². The predicted octanol–water partition coefficient (Wildman–Crippen LogP) is 3.10. The van der Waals surface area contributed by atoms with Gasteiger partial charge in [0.1, 0.15) is 6.35 Å². The van der Waals surface area contributed by atoms with Crippen molar-refractivity contribution < 1.29 is 31.5 Å². The van der Waals surface area contributed by atoms with Crippen molar-refractivity contribution in [3.63, 3.8) is 0 Å². The SMILES string of the molecule is CCCCOC(CC)COP(=O)(COCCn1cnc2c(=O)[nH]c(N)nc21)OCc1ccc(S(C)(=O)=O)cc1. The molecule has 0 aliphatic heterocycles. The van der Waals surface area contributed by atoms with E-state index in [0.29, 0.717) is 24.2 Å². The van der Waals surface area contributed by atoms with Crippen molar-refractivity contribution >= 4 is 34.5 Å². The normalized spacial score (nSPS) is 14.4. The number of nitrogen functional groups attached to an aromatic ring is 1. The summed E-state index contributed by atoms with van der Waals surface area (Å²) in [4.78, 5) is 22.7. The molecule has 2 heterocycles. The molecule has 0 aliphatic rings. The van der Waals surface area contributed by atoms with Crippen LogP contribution in [0.25, 0.3) is 11.2 Å². The summed E-state index contributed by atoms with van der Waals surface area (Å²) in [5.41, 5.74) is 6.27. The second kappa shape index (κ2) is 14.1. The molecule has 216 valence electrons. The van der Waals surface area contributed by atoms with Crippen molar-refractivity contribution in [2.75, 3.05) is 38.2 Å². The van der Waals surface area contributed by atoms with Gasteiger partial charge in [-0.3, -0.25) is 14.3 Å². The molecule has 0 spiro atoms. The van der Waals surface area contributed by atoms with Gasteiger partial charge in [-0.25, -0.2) is 13.4 Å². The molecule has 2 atom stereocenters. The lowest BCUT2D eigenvalue weighted by molar-refractivity contribution is 0.00858. The minimum absolute atomic E-state index is 0.0299. The van der Waals surface area contributed by atoms with Gasteiger partial charge in [0.25, 0.3) is 5.56 Å². The maximum Gasteiger partial charge on any atom is 0.356 e. The summed E-state index contributed by atoms with van der Waals surface area (Å²) >= 11 is 0. The fourth-order valence-electron chi connectivity index (χ4n) is 3.47. The van der Waals surface area contributed by atoms with Crippen molar-refractivity contribution in [2.45, 2.75) is 57.3 Å². The number of rotatable bonds is 17. The Bertz CT molecular complexity index is 1420. The molecule has 0 saturated carbocycles. The van der Waals surface area contributed by atoms with Gasteiger partial charge in [-0.15, -0.1) is 0 Å². The number of anilines is 1. The molecule has 0 radical (unpaired) electrons.